The number of hydrogen-bond donors (Lipinski definition) is 2. The van der Waals surface area contributed by atoms with E-state index in [1.54, 1.807) is 23.9 Å². The first-order valence-electron chi connectivity index (χ1n) is 29.4. The molecule has 85 heavy (non-hydrogen) atoms. The molecule has 16 nitrogen and oxygen atoms in total. The maximum atomic E-state index is 13.6. The summed E-state index contributed by atoms with van der Waals surface area (Å²) in [4.78, 5) is 23.2. The molecule has 1 atom stereocenters. The molecule has 6 aliphatic rings. The van der Waals surface area contributed by atoms with Crippen molar-refractivity contribution in [3.63, 3.8) is 0 Å². The molecule has 7 aromatic rings. The molecule has 2 fully saturated rings. The van der Waals surface area contributed by atoms with Gasteiger partial charge in [0.2, 0.25) is 0 Å². The van der Waals surface area contributed by atoms with E-state index in [4.69, 9.17) is 25.8 Å². The van der Waals surface area contributed by atoms with Crippen LogP contribution in [0, 0.1) is 19.1 Å². The summed E-state index contributed by atoms with van der Waals surface area (Å²) in [5.74, 6) is 2.12. The Morgan fingerprint density at radius 3 is 2.40 bits per heavy atom. The first kappa shape index (κ1) is 63.9. The molecule has 1 radical (unpaired) electrons. The van der Waals surface area contributed by atoms with Gasteiger partial charge in [0.15, 0.2) is 0 Å². The summed E-state index contributed by atoms with van der Waals surface area (Å²) in [5, 5.41) is 9.65. The summed E-state index contributed by atoms with van der Waals surface area (Å²) in [6.07, 6.45) is 11.3. The number of para-hydroxylation sites is 2. The Labute approximate surface area is 529 Å². The number of hydrogen-bond acceptors (Lipinski definition) is 11. The van der Waals surface area contributed by atoms with Crippen LogP contribution >= 0.6 is 11.6 Å². The molecule has 2 N–H and O–H groups in total. The summed E-state index contributed by atoms with van der Waals surface area (Å²) in [7, 11) is -3.49. The van der Waals surface area contributed by atoms with Crippen molar-refractivity contribution in [3.8, 4) is 11.5 Å². The van der Waals surface area contributed by atoms with E-state index >= 15 is 0 Å². The van der Waals surface area contributed by atoms with Gasteiger partial charge in [-0.2, -0.15) is 13.5 Å². The third kappa shape index (κ3) is 15.2. The average molecular weight is 1280 g/mol. The number of ether oxygens (including phenoxy) is 3. The van der Waals surface area contributed by atoms with Crippen LogP contribution in [0.15, 0.2) is 120 Å². The Morgan fingerprint density at radius 2 is 1.62 bits per heavy atom. The second-order valence-electron chi connectivity index (χ2n) is 21.8. The molecular formula is C64H78ClF2N10O6SY-. The van der Waals surface area contributed by atoms with Crippen molar-refractivity contribution in [3.05, 3.63) is 178 Å². The van der Waals surface area contributed by atoms with E-state index in [1.165, 1.54) is 29.5 Å². The third-order valence-corrected chi connectivity index (χ3v) is 18.6. The number of nitrogens with zero attached hydrogens (tertiary/aromatic N) is 8. The van der Waals surface area contributed by atoms with Crippen LogP contribution in [0.5, 0.6) is 11.5 Å². The van der Waals surface area contributed by atoms with Gasteiger partial charge in [-0.1, -0.05) is 61.0 Å². The van der Waals surface area contributed by atoms with Crippen LogP contribution in [0.25, 0.3) is 16.5 Å². The molecule has 1 aliphatic carbocycles. The summed E-state index contributed by atoms with van der Waals surface area (Å²) >= 11 is 6.13. The fourth-order valence-electron chi connectivity index (χ4n) is 12.2. The summed E-state index contributed by atoms with van der Waals surface area (Å²) in [5.41, 5.74) is 9.05. The van der Waals surface area contributed by atoms with Crippen molar-refractivity contribution in [1.29, 1.82) is 0 Å². The Morgan fingerprint density at radius 1 is 0.800 bits per heavy atom. The van der Waals surface area contributed by atoms with E-state index in [-0.39, 0.29) is 63.6 Å². The minimum Gasteiger partial charge on any atom is -0.492 e. The molecule has 451 valence electrons. The summed E-state index contributed by atoms with van der Waals surface area (Å²) in [6.45, 7) is 14.9. The molecule has 0 unspecified atom stereocenters. The SMILES string of the molecule is CCc1nn(CCCN2CCN(c3cccc(Cl)c3)CC2)c(=O)n1CCOc1ccccc1.Fc1ccc(OC[C@@H]2CNCCO2)c2c1CCC2.O=S1(=O)N(CCN2CC=C(c3c[nH]c4cc(F)ccc34)CC2)c2cccc3c2N1CCC3.[CH3-].[Y]. The number of fused-ring (bicyclic) bond motifs is 2. The molecule has 13 rings (SSSR count). The first-order valence-corrected chi connectivity index (χ1v) is 31.2. The average Bonchev–Trinajstić information content (AvgIpc) is 1.77. The van der Waals surface area contributed by atoms with Crippen LogP contribution in [-0.2, 0) is 86.4 Å². The van der Waals surface area contributed by atoms with Gasteiger partial charge in [0, 0.05) is 163 Å². The van der Waals surface area contributed by atoms with Crippen molar-refractivity contribution in [2.75, 3.05) is 112 Å². The molecule has 5 aromatic carbocycles. The molecule has 21 heteroatoms. The quantitative estimate of drug-likeness (QED) is 0.0842. The number of anilines is 3. The maximum absolute atomic E-state index is 13.6. The number of morpholine rings is 1. The van der Waals surface area contributed by atoms with Crippen LogP contribution in [0.1, 0.15) is 60.7 Å². The van der Waals surface area contributed by atoms with Crippen molar-refractivity contribution in [1.82, 2.24) is 34.4 Å². The number of aromatic amines is 1. The molecule has 7 heterocycles. The fraction of sp³-hybridized carbons (Fsp3) is 0.422. The van der Waals surface area contributed by atoms with E-state index in [2.05, 4.69) is 42.2 Å². The number of aromatic nitrogens is 4. The second-order valence-corrected chi connectivity index (χ2v) is 24.0. The smallest absolute Gasteiger partial charge is 0.346 e. The Kier molecular flexibility index (Phi) is 22.4. The van der Waals surface area contributed by atoms with Gasteiger partial charge >= 0.3 is 15.9 Å². The number of H-pyrrole nitrogens is 1. The van der Waals surface area contributed by atoms with Crippen LogP contribution in [0.2, 0.25) is 5.02 Å². The molecule has 0 amide bonds. The van der Waals surface area contributed by atoms with Gasteiger partial charge in [-0.25, -0.2) is 22.6 Å². The van der Waals surface area contributed by atoms with Gasteiger partial charge in [0.05, 0.1) is 24.5 Å². The molecule has 0 saturated carbocycles. The Balaban J connectivity index is 0.000000157. The molecule has 2 aromatic heterocycles. The Bertz CT molecular complexity index is 3550. The van der Waals surface area contributed by atoms with Crippen LogP contribution < -0.4 is 34.0 Å². The Hall–Kier alpha value is -5.64. The topological polar surface area (TPSA) is 146 Å². The van der Waals surface area contributed by atoms with Gasteiger partial charge in [-0.15, -0.1) is 0 Å². The molecule has 2 saturated heterocycles. The largest absolute Gasteiger partial charge is 0.492 e. The zero-order valence-electron chi connectivity index (χ0n) is 48.9. The predicted molar refractivity (Wildman–Crippen MR) is 331 cm³/mol. The summed E-state index contributed by atoms with van der Waals surface area (Å²) < 4.78 is 77.1. The van der Waals surface area contributed by atoms with Crippen LogP contribution in [-0.4, -0.2) is 142 Å². The van der Waals surface area contributed by atoms with Crippen LogP contribution in [0.3, 0.4) is 0 Å². The molecule has 5 aliphatic heterocycles. The number of halogens is 3. The second kappa shape index (κ2) is 29.8. The van der Waals surface area contributed by atoms with E-state index in [1.807, 2.05) is 85.9 Å². The number of rotatable bonds is 17. The van der Waals surface area contributed by atoms with E-state index in [9.17, 15) is 22.0 Å². The van der Waals surface area contributed by atoms with Crippen molar-refractivity contribution >= 4 is 55.3 Å². The summed E-state index contributed by atoms with van der Waals surface area (Å²) in [6, 6.07) is 31.7. The number of piperazine rings is 1. The van der Waals surface area contributed by atoms with Crippen molar-refractivity contribution < 1.29 is 64.1 Å². The van der Waals surface area contributed by atoms with Gasteiger partial charge in [-0.05, 0) is 128 Å². The predicted octanol–water partition coefficient (Wildman–Crippen LogP) is 9.59. The van der Waals surface area contributed by atoms with E-state index in [0.29, 0.717) is 45.9 Å². The van der Waals surface area contributed by atoms with Gasteiger partial charge in [0.25, 0.3) is 0 Å². The number of aryl methyl sites for hydroxylation is 3. The van der Waals surface area contributed by atoms with Gasteiger partial charge in [-0.3, -0.25) is 18.7 Å². The molecular weight excluding hydrogens is 1200 g/mol. The van der Waals surface area contributed by atoms with Gasteiger partial charge in [0.1, 0.15) is 48.3 Å². The third-order valence-electron chi connectivity index (χ3n) is 16.5. The zero-order valence-corrected chi connectivity index (χ0v) is 53.3. The van der Waals surface area contributed by atoms with Gasteiger partial charge < -0.3 is 36.8 Å². The molecule has 0 spiro atoms. The minimum atomic E-state index is -3.49. The zero-order chi connectivity index (χ0) is 57.3. The van der Waals surface area contributed by atoms with Crippen LogP contribution in [0.4, 0.5) is 25.8 Å². The maximum Gasteiger partial charge on any atom is 0.346 e. The van der Waals surface area contributed by atoms with E-state index < -0.39 is 10.2 Å². The van der Waals surface area contributed by atoms with Crippen molar-refractivity contribution in [2.24, 2.45) is 0 Å². The standard InChI is InChI=1S/C25H32ClN5O2.C24H25FN4O2S.C14H18FNO2.CH3.Y/c1-2-24-27-31(25(32)30(24)18-19-33-23-10-4-3-5-11-23)13-7-12-28-14-16-29(17-15-28)22-9-6-8-21(26)20-22;25-19-6-7-20-21(16-26-22(20)15-19)17-8-11-27(12-9-17)13-14-28-23-5-1-3-18-4-2-10-29(24(18)23)32(28,30)31;15-13-4-5-14(12-3-1-2-11(12)13)18-9-10-8-16-6-7-17-10;;/h3-6,8-11,20H,2,7,12-19H2,1H3;1,3,5-8,15-16,26H,2,4,9-14H2;4-5,10,16H,1-3,6-9H2;1H3;/q;;;-1;/t;;10-;;/m..0../s1. The number of nitrogens with one attached hydrogen (secondary N) is 2. The monoisotopic (exact) mass is 1280 g/mol. The fourth-order valence-corrected chi connectivity index (χ4v) is 14.1. The molecule has 0 bridgehead atoms. The van der Waals surface area contributed by atoms with E-state index in [0.717, 1.165) is 184 Å². The number of benzene rings is 5. The normalized spacial score (nSPS) is 18.0. The van der Waals surface area contributed by atoms with Crippen molar-refractivity contribution in [2.45, 2.75) is 77.5 Å². The minimum absolute atomic E-state index is 0. The first-order chi connectivity index (χ1) is 40.5.